The van der Waals surface area contributed by atoms with Gasteiger partial charge in [0.25, 0.3) is 5.91 Å². The van der Waals surface area contributed by atoms with E-state index >= 15 is 0 Å². The molecule has 0 atom stereocenters. The van der Waals surface area contributed by atoms with Gasteiger partial charge in [0, 0.05) is 5.57 Å². The Morgan fingerprint density at radius 3 is 2.29 bits per heavy atom. The molecule has 2 N–H and O–H groups in total. The van der Waals surface area contributed by atoms with Gasteiger partial charge in [-0.15, -0.1) is 0 Å². The average Bonchev–Trinajstić information content (AvgIpc) is 3.57. The SMILES string of the molecule is CCC(CC)(NC(=O)C1=C(C)CCC(Cc2ccc(F)cc2)=C(C2CC2)C=C1)C(=O)O. The summed E-state index contributed by atoms with van der Waals surface area (Å²) >= 11 is 0. The van der Waals surface area contributed by atoms with Gasteiger partial charge < -0.3 is 10.4 Å². The smallest absolute Gasteiger partial charge is 0.329 e. The maximum atomic E-state index is 13.3. The highest BCUT2D eigenvalue weighted by molar-refractivity contribution is 6.00. The molecule has 1 amide bonds. The first kappa shape index (κ1) is 23.0. The Bertz CT molecular complexity index is 932. The van der Waals surface area contributed by atoms with E-state index in [1.165, 1.54) is 23.3 Å². The lowest BCUT2D eigenvalue weighted by Crippen LogP contribution is -2.54. The zero-order chi connectivity index (χ0) is 22.6. The fraction of sp³-hybridized carbons (Fsp3) is 0.462. The standard InChI is InChI=1S/C26H32FNO3/c1-4-26(5-2,25(30)31)28-24(29)22-14-15-23(19-10-11-19)20(9-6-17(22)3)16-18-7-12-21(27)13-8-18/h7-8,12-15,19H,4-6,9-11,16H2,1-3H3,(H,28,29)(H,30,31). The maximum absolute atomic E-state index is 13.3. The molecule has 1 aromatic rings. The molecule has 1 fully saturated rings. The topological polar surface area (TPSA) is 66.4 Å². The molecule has 31 heavy (non-hydrogen) atoms. The van der Waals surface area contributed by atoms with Crippen molar-refractivity contribution in [2.24, 2.45) is 5.92 Å². The first-order valence-corrected chi connectivity index (χ1v) is 11.2. The molecular formula is C26H32FNO3. The molecular weight excluding hydrogens is 393 g/mol. The number of halogens is 1. The molecule has 1 aromatic carbocycles. The lowest BCUT2D eigenvalue weighted by Gasteiger charge is -2.29. The van der Waals surface area contributed by atoms with Crippen molar-refractivity contribution in [3.05, 3.63) is 70.1 Å². The monoisotopic (exact) mass is 425 g/mol. The summed E-state index contributed by atoms with van der Waals surface area (Å²) in [6.07, 6.45) is 9.20. The Balaban J connectivity index is 1.87. The first-order chi connectivity index (χ1) is 14.8. The summed E-state index contributed by atoms with van der Waals surface area (Å²) in [5, 5.41) is 12.5. The number of aliphatic carboxylic acids is 1. The van der Waals surface area contributed by atoms with E-state index in [0.717, 1.165) is 43.2 Å². The fourth-order valence-electron chi connectivity index (χ4n) is 4.25. The molecule has 0 unspecified atom stereocenters. The summed E-state index contributed by atoms with van der Waals surface area (Å²) < 4.78 is 13.3. The predicted octanol–water partition coefficient (Wildman–Crippen LogP) is 5.50. The Labute approximate surface area is 183 Å². The van der Waals surface area contributed by atoms with Crippen molar-refractivity contribution in [2.75, 3.05) is 0 Å². The molecule has 2 aliphatic rings. The van der Waals surface area contributed by atoms with Gasteiger partial charge in [0.15, 0.2) is 0 Å². The number of carbonyl (C=O) groups excluding carboxylic acids is 1. The second kappa shape index (κ2) is 9.63. The molecule has 0 saturated heterocycles. The quantitative estimate of drug-likeness (QED) is 0.578. The molecule has 5 heteroatoms. The van der Waals surface area contributed by atoms with Crippen molar-refractivity contribution in [1.29, 1.82) is 0 Å². The van der Waals surface area contributed by atoms with E-state index in [2.05, 4.69) is 11.4 Å². The van der Waals surface area contributed by atoms with Gasteiger partial charge in [-0.05, 0) is 87.1 Å². The van der Waals surface area contributed by atoms with Crippen molar-refractivity contribution in [3.63, 3.8) is 0 Å². The normalized spacial score (nSPS) is 17.4. The number of carboxylic acid groups (broad SMARTS) is 1. The van der Waals surface area contributed by atoms with Crippen molar-refractivity contribution in [1.82, 2.24) is 5.32 Å². The largest absolute Gasteiger partial charge is 0.480 e. The van der Waals surface area contributed by atoms with Crippen LogP contribution in [0.1, 0.15) is 64.9 Å². The van der Waals surface area contributed by atoms with Crippen LogP contribution < -0.4 is 5.32 Å². The number of carbonyl (C=O) groups is 2. The highest BCUT2D eigenvalue weighted by Gasteiger charge is 2.37. The minimum atomic E-state index is -1.25. The summed E-state index contributed by atoms with van der Waals surface area (Å²) in [5.74, 6) is -1.04. The third-order valence-electron chi connectivity index (χ3n) is 6.66. The molecule has 4 nitrogen and oxygen atoms in total. The molecule has 0 spiro atoms. The number of rotatable bonds is 8. The molecule has 0 heterocycles. The van der Waals surface area contributed by atoms with Crippen LogP contribution in [0.3, 0.4) is 0 Å². The van der Waals surface area contributed by atoms with Gasteiger partial charge in [-0.1, -0.05) is 43.2 Å². The minimum absolute atomic E-state index is 0.233. The van der Waals surface area contributed by atoms with Crippen LogP contribution in [0.5, 0.6) is 0 Å². The maximum Gasteiger partial charge on any atom is 0.329 e. The van der Waals surface area contributed by atoms with Crippen LogP contribution in [0.4, 0.5) is 4.39 Å². The Kier molecular flexibility index (Phi) is 7.14. The lowest BCUT2D eigenvalue weighted by molar-refractivity contribution is -0.147. The van der Waals surface area contributed by atoms with Gasteiger partial charge in [0.1, 0.15) is 11.4 Å². The molecule has 3 rings (SSSR count). The third kappa shape index (κ3) is 5.33. The van der Waals surface area contributed by atoms with Crippen molar-refractivity contribution < 1.29 is 19.1 Å². The van der Waals surface area contributed by atoms with Crippen LogP contribution in [-0.4, -0.2) is 22.5 Å². The number of allylic oxidation sites excluding steroid dienone is 4. The fourth-order valence-corrected chi connectivity index (χ4v) is 4.25. The second-order valence-electron chi connectivity index (χ2n) is 8.71. The first-order valence-electron chi connectivity index (χ1n) is 11.2. The van der Waals surface area contributed by atoms with Gasteiger partial charge in [0.05, 0.1) is 0 Å². The van der Waals surface area contributed by atoms with Gasteiger partial charge in [-0.25, -0.2) is 9.18 Å². The van der Waals surface area contributed by atoms with Crippen molar-refractivity contribution >= 4 is 11.9 Å². The van der Waals surface area contributed by atoms with Crippen LogP contribution in [0.15, 0.2) is 58.7 Å². The van der Waals surface area contributed by atoms with Crippen LogP contribution >= 0.6 is 0 Å². The highest BCUT2D eigenvalue weighted by Crippen LogP contribution is 2.41. The van der Waals surface area contributed by atoms with Gasteiger partial charge in [0.2, 0.25) is 0 Å². The molecule has 2 aliphatic carbocycles. The summed E-state index contributed by atoms with van der Waals surface area (Å²) in [5.41, 5.74) is 3.96. The second-order valence-corrected chi connectivity index (χ2v) is 8.71. The number of benzene rings is 1. The van der Waals surface area contributed by atoms with Gasteiger partial charge in [-0.2, -0.15) is 0 Å². The van der Waals surface area contributed by atoms with Crippen LogP contribution in [0, 0.1) is 11.7 Å². The molecule has 0 aliphatic heterocycles. The molecule has 0 bridgehead atoms. The van der Waals surface area contributed by atoms with Crippen LogP contribution in [0.2, 0.25) is 0 Å². The summed E-state index contributed by atoms with van der Waals surface area (Å²) in [7, 11) is 0. The zero-order valence-electron chi connectivity index (χ0n) is 18.6. The Hall–Kier alpha value is -2.69. The van der Waals surface area contributed by atoms with E-state index in [4.69, 9.17) is 0 Å². The summed E-state index contributed by atoms with van der Waals surface area (Å²) in [6, 6.07) is 6.65. The van der Waals surface area contributed by atoms with E-state index < -0.39 is 11.5 Å². The summed E-state index contributed by atoms with van der Waals surface area (Å²) in [4.78, 5) is 24.9. The number of carboxylic acids is 1. The zero-order valence-corrected chi connectivity index (χ0v) is 18.6. The Morgan fingerprint density at radius 2 is 1.74 bits per heavy atom. The minimum Gasteiger partial charge on any atom is -0.480 e. The third-order valence-corrected chi connectivity index (χ3v) is 6.66. The number of hydrogen-bond acceptors (Lipinski definition) is 2. The molecule has 0 aromatic heterocycles. The van der Waals surface area contributed by atoms with Crippen molar-refractivity contribution in [2.45, 2.75) is 71.3 Å². The summed E-state index contributed by atoms with van der Waals surface area (Å²) in [6.45, 7) is 5.50. The molecule has 166 valence electrons. The lowest BCUT2D eigenvalue weighted by atomic mass is 9.87. The van der Waals surface area contributed by atoms with E-state index in [1.807, 2.05) is 25.1 Å². The number of amides is 1. The van der Waals surface area contributed by atoms with E-state index in [0.29, 0.717) is 24.3 Å². The van der Waals surface area contributed by atoms with E-state index in [9.17, 15) is 19.1 Å². The van der Waals surface area contributed by atoms with Crippen LogP contribution in [0.25, 0.3) is 0 Å². The number of hydrogen-bond donors (Lipinski definition) is 2. The van der Waals surface area contributed by atoms with Crippen LogP contribution in [-0.2, 0) is 16.0 Å². The average molecular weight is 426 g/mol. The van der Waals surface area contributed by atoms with E-state index in [1.54, 1.807) is 13.8 Å². The molecule has 0 radical (unpaired) electrons. The van der Waals surface area contributed by atoms with Gasteiger partial charge >= 0.3 is 5.97 Å². The molecule has 1 saturated carbocycles. The highest BCUT2D eigenvalue weighted by atomic mass is 19.1. The van der Waals surface area contributed by atoms with Crippen molar-refractivity contribution in [3.8, 4) is 0 Å². The Morgan fingerprint density at radius 1 is 1.10 bits per heavy atom. The number of nitrogens with one attached hydrogen (secondary N) is 1. The van der Waals surface area contributed by atoms with E-state index in [-0.39, 0.29) is 11.7 Å². The predicted molar refractivity (Wildman–Crippen MR) is 120 cm³/mol. The van der Waals surface area contributed by atoms with Gasteiger partial charge in [-0.3, -0.25) is 4.79 Å².